The summed E-state index contributed by atoms with van der Waals surface area (Å²) in [5, 5.41) is 2.73. The molecule has 1 N–H and O–H groups in total. The van der Waals surface area contributed by atoms with E-state index in [0.29, 0.717) is 5.82 Å². The molecule has 5 heteroatoms. The Kier molecular flexibility index (Phi) is 4.73. The fourth-order valence-electron chi connectivity index (χ4n) is 0.948. The highest BCUT2D eigenvalue weighted by atomic mass is 79.9. The Hall–Kier alpha value is -0.420. The molecule has 1 aromatic rings. The fraction of sp³-hybridized carbons (Fsp3) is 0.400. The van der Waals surface area contributed by atoms with Gasteiger partial charge in [-0.3, -0.25) is 4.79 Å². The number of hydrogen-bond donors (Lipinski definition) is 1. The van der Waals surface area contributed by atoms with Crippen molar-refractivity contribution in [2.45, 2.75) is 18.7 Å². The van der Waals surface area contributed by atoms with Gasteiger partial charge >= 0.3 is 0 Å². The van der Waals surface area contributed by atoms with E-state index < -0.39 is 0 Å². The quantitative estimate of drug-likeness (QED) is 0.862. The number of carbonyl (C=O) groups is 1. The van der Waals surface area contributed by atoms with Gasteiger partial charge in [0, 0.05) is 10.7 Å². The number of alkyl halides is 1. The van der Waals surface area contributed by atoms with Crippen molar-refractivity contribution in [3.63, 3.8) is 0 Å². The first-order chi connectivity index (χ1) is 7.00. The first-order valence-electron chi connectivity index (χ1n) is 4.57. The average molecular weight is 336 g/mol. The van der Waals surface area contributed by atoms with Crippen LogP contribution in [0.1, 0.15) is 13.8 Å². The van der Waals surface area contributed by atoms with E-state index >= 15 is 0 Å². The molecule has 0 aliphatic heterocycles. The minimum atomic E-state index is -0.192. The summed E-state index contributed by atoms with van der Waals surface area (Å²) in [7, 11) is 0. The van der Waals surface area contributed by atoms with E-state index in [1.54, 1.807) is 12.3 Å². The zero-order valence-electron chi connectivity index (χ0n) is 8.50. The first kappa shape index (κ1) is 12.6. The molecular formula is C10H12Br2N2O. The minimum absolute atomic E-state index is 0.0696. The molecule has 1 atom stereocenters. The summed E-state index contributed by atoms with van der Waals surface area (Å²) < 4.78 is 0.889. The molecule has 0 aliphatic carbocycles. The summed E-state index contributed by atoms with van der Waals surface area (Å²) in [6.45, 7) is 3.96. The molecule has 0 aliphatic rings. The Morgan fingerprint density at radius 1 is 1.47 bits per heavy atom. The molecular weight excluding hydrogens is 324 g/mol. The van der Waals surface area contributed by atoms with Crippen LogP contribution in [0.3, 0.4) is 0 Å². The van der Waals surface area contributed by atoms with Gasteiger partial charge in [-0.2, -0.15) is 0 Å². The Labute approximate surface area is 106 Å². The van der Waals surface area contributed by atoms with Gasteiger partial charge in [-0.1, -0.05) is 29.8 Å². The average Bonchev–Trinajstić information content (AvgIpc) is 2.20. The highest BCUT2D eigenvalue weighted by molar-refractivity contribution is 9.10. The van der Waals surface area contributed by atoms with Crippen molar-refractivity contribution >= 4 is 43.6 Å². The molecule has 1 rings (SSSR count). The number of rotatable bonds is 3. The molecule has 0 bridgehead atoms. The third-order valence-corrected chi connectivity index (χ3v) is 3.76. The van der Waals surface area contributed by atoms with E-state index in [-0.39, 0.29) is 16.7 Å². The van der Waals surface area contributed by atoms with Crippen LogP contribution < -0.4 is 5.32 Å². The van der Waals surface area contributed by atoms with Gasteiger partial charge in [-0.05, 0) is 34.0 Å². The molecule has 0 spiro atoms. The lowest BCUT2D eigenvalue weighted by atomic mass is 10.1. The number of pyridine rings is 1. The van der Waals surface area contributed by atoms with Crippen LogP contribution in [0.15, 0.2) is 22.8 Å². The number of amides is 1. The van der Waals surface area contributed by atoms with Crippen LogP contribution in [-0.4, -0.2) is 15.7 Å². The number of anilines is 1. The van der Waals surface area contributed by atoms with Crippen molar-refractivity contribution in [1.29, 1.82) is 0 Å². The molecule has 0 saturated carbocycles. The minimum Gasteiger partial charge on any atom is -0.310 e. The summed E-state index contributed by atoms with van der Waals surface area (Å²) >= 11 is 6.61. The number of hydrogen-bond acceptors (Lipinski definition) is 2. The number of nitrogens with zero attached hydrogens (tertiary/aromatic N) is 1. The Balaban J connectivity index is 2.62. The highest BCUT2D eigenvalue weighted by Crippen LogP contribution is 2.15. The van der Waals surface area contributed by atoms with E-state index in [2.05, 4.69) is 42.2 Å². The van der Waals surface area contributed by atoms with Crippen molar-refractivity contribution in [3.8, 4) is 0 Å². The van der Waals surface area contributed by atoms with Crippen LogP contribution in [-0.2, 0) is 4.79 Å². The van der Waals surface area contributed by atoms with Gasteiger partial charge in [-0.15, -0.1) is 0 Å². The lowest BCUT2D eigenvalue weighted by Gasteiger charge is -2.13. The maximum absolute atomic E-state index is 11.6. The van der Waals surface area contributed by atoms with E-state index in [4.69, 9.17) is 0 Å². The first-order valence-corrected chi connectivity index (χ1v) is 6.28. The standard InChI is InChI=1S/C10H12Br2N2O/c1-6(2)9(12)10(15)14-8-4-3-7(11)5-13-8/h3-6,9H,1-2H3,(H,13,14,15). The molecule has 82 valence electrons. The van der Waals surface area contributed by atoms with Gasteiger partial charge in [0.1, 0.15) is 5.82 Å². The largest absolute Gasteiger partial charge is 0.310 e. The van der Waals surface area contributed by atoms with Gasteiger partial charge in [0.05, 0.1) is 4.83 Å². The predicted molar refractivity (Wildman–Crippen MR) is 68.1 cm³/mol. The van der Waals surface area contributed by atoms with Gasteiger partial charge in [0.15, 0.2) is 0 Å². The smallest absolute Gasteiger partial charge is 0.239 e. The lowest BCUT2D eigenvalue weighted by molar-refractivity contribution is -0.116. The molecule has 0 fully saturated rings. The summed E-state index contributed by atoms with van der Waals surface area (Å²) in [6.07, 6.45) is 1.65. The van der Waals surface area contributed by atoms with Crippen LogP contribution >= 0.6 is 31.9 Å². The number of carbonyl (C=O) groups excluding carboxylic acids is 1. The summed E-state index contributed by atoms with van der Waals surface area (Å²) in [6, 6.07) is 3.59. The zero-order valence-corrected chi connectivity index (χ0v) is 11.7. The second-order valence-corrected chi connectivity index (χ2v) is 5.40. The van der Waals surface area contributed by atoms with Crippen LogP contribution in [0.25, 0.3) is 0 Å². The van der Waals surface area contributed by atoms with Crippen LogP contribution in [0.5, 0.6) is 0 Å². The number of halogens is 2. The maximum atomic E-state index is 11.6. The zero-order chi connectivity index (χ0) is 11.4. The molecule has 1 unspecified atom stereocenters. The van der Waals surface area contributed by atoms with Crippen LogP contribution in [0, 0.1) is 5.92 Å². The molecule has 1 amide bonds. The summed E-state index contributed by atoms with van der Waals surface area (Å²) in [4.78, 5) is 15.5. The molecule has 0 aromatic carbocycles. The number of aromatic nitrogens is 1. The fourth-order valence-corrected chi connectivity index (χ4v) is 1.30. The number of nitrogens with one attached hydrogen (secondary N) is 1. The van der Waals surface area contributed by atoms with Crippen LogP contribution in [0.2, 0.25) is 0 Å². The van der Waals surface area contributed by atoms with Gasteiger partial charge < -0.3 is 5.32 Å². The predicted octanol–water partition coefficient (Wildman–Crippen LogP) is 3.20. The van der Waals surface area contributed by atoms with Gasteiger partial charge in [0.2, 0.25) is 5.91 Å². The van der Waals surface area contributed by atoms with Crippen LogP contribution in [0.4, 0.5) is 5.82 Å². The maximum Gasteiger partial charge on any atom is 0.239 e. The summed E-state index contributed by atoms with van der Waals surface area (Å²) in [5.74, 6) is 0.744. The second-order valence-electron chi connectivity index (χ2n) is 3.50. The molecule has 0 radical (unpaired) electrons. The van der Waals surface area contributed by atoms with E-state index in [1.165, 1.54) is 0 Å². The van der Waals surface area contributed by atoms with Crippen molar-refractivity contribution in [2.75, 3.05) is 5.32 Å². The topological polar surface area (TPSA) is 42.0 Å². The molecule has 1 aromatic heterocycles. The van der Waals surface area contributed by atoms with Gasteiger partial charge in [0.25, 0.3) is 0 Å². The Morgan fingerprint density at radius 3 is 2.60 bits per heavy atom. The monoisotopic (exact) mass is 334 g/mol. The van der Waals surface area contributed by atoms with E-state index in [0.717, 1.165) is 4.47 Å². The van der Waals surface area contributed by atoms with Crippen molar-refractivity contribution in [3.05, 3.63) is 22.8 Å². The SMILES string of the molecule is CC(C)C(Br)C(=O)Nc1ccc(Br)cn1. The Morgan fingerprint density at radius 2 is 2.13 bits per heavy atom. The summed E-state index contributed by atoms with van der Waals surface area (Å²) in [5.41, 5.74) is 0. The van der Waals surface area contributed by atoms with E-state index in [9.17, 15) is 4.79 Å². The second kappa shape index (κ2) is 5.61. The highest BCUT2D eigenvalue weighted by Gasteiger charge is 2.18. The van der Waals surface area contributed by atoms with Gasteiger partial charge in [-0.25, -0.2) is 4.98 Å². The lowest BCUT2D eigenvalue weighted by Crippen LogP contribution is -2.27. The normalized spacial score (nSPS) is 12.6. The Bertz CT molecular complexity index is 338. The molecule has 0 saturated heterocycles. The van der Waals surface area contributed by atoms with Crippen molar-refractivity contribution in [1.82, 2.24) is 4.98 Å². The van der Waals surface area contributed by atoms with Crippen molar-refractivity contribution < 1.29 is 4.79 Å². The third kappa shape index (κ3) is 3.91. The van der Waals surface area contributed by atoms with E-state index in [1.807, 2.05) is 19.9 Å². The molecule has 15 heavy (non-hydrogen) atoms. The molecule has 3 nitrogen and oxygen atoms in total. The third-order valence-electron chi connectivity index (χ3n) is 1.81. The molecule has 1 heterocycles. The van der Waals surface area contributed by atoms with Crippen molar-refractivity contribution in [2.24, 2.45) is 5.92 Å².